The second-order valence-corrected chi connectivity index (χ2v) is 10.9. The number of rotatable bonds is 7. The van der Waals surface area contributed by atoms with Gasteiger partial charge in [-0.05, 0) is 42.7 Å². The average Bonchev–Trinajstić information content (AvgIpc) is 3.43. The van der Waals surface area contributed by atoms with Crippen molar-refractivity contribution in [1.82, 2.24) is 30.0 Å². The quantitative estimate of drug-likeness (QED) is 0.310. The SMILES string of the molecule is COc1cc2nn(C3CCN(Cc4cncc(N5CCC(=O)NC5=O)c4)CC3)cc2cc1NC(=O)c1ccc(C(F)(F)F)nc1. The van der Waals surface area contributed by atoms with Crippen molar-refractivity contribution in [3.8, 4) is 5.75 Å². The number of benzene rings is 1. The van der Waals surface area contributed by atoms with Gasteiger partial charge in [0.2, 0.25) is 5.91 Å². The van der Waals surface area contributed by atoms with Crippen molar-refractivity contribution in [1.29, 1.82) is 0 Å². The molecule has 4 aromatic rings. The molecule has 2 saturated heterocycles. The molecule has 15 heteroatoms. The maximum absolute atomic E-state index is 12.8. The molecule has 3 aromatic heterocycles. The molecule has 2 aliphatic heterocycles. The summed E-state index contributed by atoms with van der Waals surface area (Å²) in [6.45, 7) is 2.61. The molecule has 0 spiro atoms. The van der Waals surface area contributed by atoms with Gasteiger partial charge in [0.1, 0.15) is 11.4 Å². The van der Waals surface area contributed by atoms with Gasteiger partial charge in [-0.2, -0.15) is 18.3 Å². The molecule has 4 amide bonds. The summed E-state index contributed by atoms with van der Waals surface area (Å²) >= 11 is 0. The van der Waals surface area contributed by atoms with Crippen LogP contribution in [0, 0.1) is 0 Å². The molecule has 2 aliphatic rings. The van der Waals surface area contributed by atoms with Crippen molar-refractivity contribution in [2.24, 2.45) is 0 Å². The van der Waals surface area contributed by atoms with Crippen molar-refractivity contribution in [3.05, 3.63) is 71.9 Å². The highest BCUT2D eigenvalue weighted by Gasteiger charge is 2.32. The number of alkyl halides is 3. The number of nitrogens with zero attached hydrogens (tertiary/aromatic N) is 6. The molecule has 0 aliphatic carbocycles. The number of likely N-dealkylation sites (tertiary alicyclic amines) is 1. The Morgan fingerprint density at radius 1 is 1.09 bits per heavy atom. The summed E-state index contributed by atoms with van der Waals surface area (Å²) in [4.78, 5) is 48.0. The lowest BCUT2D eigenvalue weighted by atomic mass is 10.0. The van der Waals surface area contributed by atoms with Crippen LogP contribution in [0.1, 0.15) is 46.9 Å². The van der Waals surface area contributed by atoms with Crippen LogP contribution in [-0.4, -0.2) is 69.2 Å². The highest BCUT2D eigenvalue weighted by atomic mass is 19.4. The number of piperidine rings is 1. The Bertz CT molecular complexity index is 1750. The van der Waals surface area contributed by atoms with Gasteiger partial charge < -0.3 is 10.1 Å². The van der Waals surface area contributed by atoms with Gasteiger partial charge in [-0.25, -0.2) is 4.79 Å². The molecule has 45 heavy (non-hydrogen) atoms. The first kappa shape index (κ1) is 30.0. The first-order valence-electron chi connectivity index (χ1n) is 14.3. The van der Waals surface area contributed by atoms with Crippen LogP contribution >= 0.6 is 0 Å². The number of ether oxygens (including phenoxy) is 1. The Balaban J connectivity index is 1.09. The molecule has 234 valence electrons. The number of imide groups is 1. The fourth-order valence-corrected chi connectivity index (χ4v) is 5.53. The molecular formula is C30H29F3N8O4. The van der Waals surface area contributed by atoms with Gasteiger partial charge >= 0.3 is 12.2 Å². The van der Waals surface area contributed by atoms with Crippen molar-refractivity contribution >= 4 is 40.1 Å². The summed E-state index contributed by atoms with van der Waals surface area (Å²) in [5, 5.41) is 10.6. The van der Waals surface area contributed by atoms with Crippen molar-refractivity contribution in [2.45, 2.75) is 38.0 Å². The first-order chi connectivity index (χ1) is 21.6. The van der Waals surface area contributed by atoms with E-state index in [4.69, 9.17) is 9.84 Å². The topological polar surface area (TPSA) is 135 Å². The fraction of sp³-hybridized carbons (Fsp3) is 0.333. The van der Waals surface area contributed by atoms with Gasteiger partial charge in [0.25, 0.3) is 5.91 Å². The van der Waals surface area contributed by atoms with Gasteiger partial charge in [-0.3, -0.25) is 39.4 Å². The lowest BCUT2D eigenvalue weighted by Gasteiger charge is -2.32. The van der Waals surface area contributed by atoms with E-state index in [2.05, 4.69) is 25.5 Å². The van der Waals surface area contributed by atoms with E-state index in [1.54, 1.807) is 24.5 Å². The molecule has 1 aromatic carbocycles. The second-order valence-electron chi connectivity index (χ2n) is 10.9. The monoisotopic (exact) mass is 622 g/mol. The van der Waals surface area contributed by atoms with Gasteiger partial charge in [0.15, 0.2) is 0 Å². The molecule has 0 saturated carbocycles. The fourth-order valence-electron chi connectivity index (χ4n) is 5.53. The minimum Gasteiger partial charge on any atom is -0.494 e. The van der Waals surface area contributed by atoms with Crippen molar-refractivity contribution in [3.63, 3.8) is 0 Å². The molecule has 12 nitrogen and oxygen atoms in total. The van der Waals surface area contributed by atoms with Crippen molar-refractivity contribution in [2.75, 3.05) is 37.0 Å². The predicted molar refractivity (Wildman–Crippen MR) is 157 cm³/mol. The summed E-state index contributed by atoms with van der Waals surface area (Å²) in [7, 11) is 1.46. The zero-order valence-corrected chi connectivity index (χ0v) is 24.2. The summed E-state index contributed by atoms with van der Waals surface area (Å²) in [5.74, 6) is -0.543. The van der Waals surface area contributed by atoms with Crippen LogP contribution in [0.25, 0.3) is 10.9 Å². The van der Waals surface area contributed by atoms with Crippen LogP contribution in [-0.2, 0) is 17.5 Å². The number of amides is 4. The highest BCUT2D eigenvalue weighted by molar-refractivity contribution is 6.06. The van der Waals surface area contributed by atoms with E-state index in [1.807, 2.05) is 16.9 Å². The van der Waals surface area contributed by atoms with Crippen LogP contribution < -0.4 is 20.3 Å². The minimum absolute atomic E-state index is 0.0245. The third kappa shape index (κ3) is 6.57. The number of aromatic nitrogens is 4. The standard InChI is InChI=1S/C30H29F3N8O4/c1-45-25-12-23-20(11-24(25)36-28(43)19-2-3-26(35-14-19)30(31,32)33)17-41(38-23)21-4-7-39(8-5-21)16-18-10-22(15-34-13-18)40-9-6-27(42)37-29(40)44/h2-3,10-15,17,21H,4-9,16H2,1H3,(H,36,43)(H,37,42,44). The summed E-state index contributed by atoms with van der Waals surface area (Å²) in [5.41, 5.74) is 1.55. The van der Waals surface area contributed by atoms with Gasteiger partial charge in [0, 0.05) is 62.6 Å². The number of methoxy groups -OCH3 is 1. The number of fused-ring (bicyclic) bond motifs is 1. The third-order valence-corrected chi connectivity index (χ3v) is 7.89. The van der Waals surface area contributed by atoms with Crippen LogP contribution in [0.5, 0.6) is 5.75 Å². The van der Waals surface area contributed by atoms with E-state index in [9.17, 15) is 27.6 Å². The normalized spacial score (nSPS) is 16.6. The number of carbonyl (C=O) groups is 3. The lowest BCUT2D eigenvalue weighted by molar-refractivity contribution is -0.141. The predicted octanol–water partition coefficient (Wildman–Crippen LogP) is 4.39. The average molecular weight is 623 g/mol. The molecule has 0 unspecified atom stereocenters. The van der Waals surface area contributed by atoms with Gasteiger partial charge in [-0.1, -0.05) is 0 Å². The lowest BCUT2D eigenvalue weighted by Crippen LogP contribution is -2.49. The minimum atomic E-state index is -4.60. The number of nitrogens with one attached hydrogen (secondary N) is 2. The summed E-state index contributed by atoms with van der Waals surface area (Å²) < 4.78 is 45.9. The van der Waals surface area contributed by atoms with Gasteiger partial charge in [-0.15, -0.1) is 0 Å². The number of urea groups is 1. The third-order valence-electron chi connectivity index (χ3n) is 7.89. The van der Waals surface area contributed by atoms with E-state index in [1.165, 1.54) is 12.0 Å². The first-order valence-corrected chi connectivity index (χ1v) is 14.3. The van der Waals surface area contributed by atoms with E-state index < -0.39 is 23.8 Å². The van der Waals surface area contributed by atoms with E-state index in [0.29, 0.717) is 35.7 Å². The van der Waals surface area contributed by atoms with Crippen LogP contribution in [0.3, 0.4) is 0 Å². The highest BCUT2D eigenvalue weighted by Crippen LogP contribution is 2.33. The van der Waals surface area contributed by atoms with Crippen LogP contribution in [0.15, 0.2) is 55.1 Å². The molecule has 2 fully saturated rings. The molecular weight excluding hydrogens is 593 g/mol. The Labute approximate surface area is 255 Å². The van der Waals surface area contributed by atoms with Crippen LogP contribution in [0.4, 0.5) is 29.3 Å². The molecule has 5 heterocycles. The number of pyridine rings is 2. The summed E-state index contributed by atoms with van der Waals surface area (Å²) in [6.07, 6.45) is 3.53. The zero-order chi connectivity index (χ0) is 31.7. The smallest absolute Gasteiger partial charge is 0.433 e. The van der Waals surface area contributed by atoms with Gasteiger partial charge in [0.05, 0.1) is 41.8 Å². The molecule has 2 N–H and O–H groups in total. The molecule has 6 rings (SSSR count). The zero-order valence-electron chi connectivity index (χ0n) is 24.2. The Morgan fingerprint density at radius 2 is 1.89 bits per heavy atom. The van der Waals surface area contributed by atoms with E-state index in [-0.39, 0.29) is 23.9 Å². The molecule has 0 atom stereocenters. The summed E-state index contributed by atoms with van der Waals surface area (Å²) in [6, 6.07) is 6.89. The largest absolute Gasteiger partial charge is 0.494 e. The molecule has 0 bridgehead atoms. The van der Waals surface area contributed by atoms with E-state index in [0.717, 1.165) is 55.2 Å². The number of carbonyl (C=O) groups excluding carboxylic acids is 3. The number of halogens is 3. The second kappa shape index (κ2) is 12.1. The maximum Gasteiger partial charge on any atom is 0.433 e. The number of anilines is 2. The number of hydrogen-bond acceptors (Lipinski definition) is 8. The Morgan fingerprint density at radius 3 is 2.58 bits per heavy atom. The number of hydrogen-bond donors (Lipinski definition) is 2. The maximum atomic E-state index is 12.8. The van der Waals surface area contributed by atoms with Crippen molar-refractivity contribution < 1.29 is 32.3 Å². The van der Waals surface area contributed by atoms with E-state index >= 15 is 0 Å². The Kier molecular flexibility index (Phi) is 8.10. The van der Waals surface area contributed by atoms with Crippen LogP contribution in [0.2, 0.25) is 0 Å². The Hall–Kier alpha value is -5.05. The molecule has 0 radical (unpaired) electrons.